The van der Waals surface area contributed by atoms with Gasteiger partial charge in [0, 0.05) is 0 Å². The Morgan fingerprint density at radius 3 is 1.38 bits per heavy atom. The molecule has 21 heavy (non-hydrogen) atoms. The van der Waals surface area contributed by atoms with Gasteiger partial charge >= 0.3 is 116 Å². The van der Waals surface area contributed by atoms with Crippen LogP contribution >= 0.6 is 0 Å². The van der Waals surface area contributed by atoms with Crippen LogP contribution in [0.1, 0.15) is 5.56 Å². The van der Waals surface area contributed by atoms with Crippen molar-refractivity contribution in [3.8, 4) is 0 Å². The van der Waals surface area contributed by atoms with Gasteiger partial charge in [-0.25, -0.2) is 0 Å². The molecule has 0 aliphatic rings. The molecule has 0 N–H and O–H groups in total. The second-order valence-electron chi connectivity index (χ2n) is 3.69. The third-order valence-corrected chi connectivity index (χ3v) is 3.51. The zero-order valence-electron chi connectivity index (χ0n) is 9.23. The minimum absolute atomic E-state index is 0.426. The molecule has 0 amide bonds. The Hall–Kier alpha value is -0.992. The molecule has 0 saturated carbocycles. The topological polar surface area (TPSA) is 0 Å². The maximum absolute atomic E-state index is 13.3. The van der Waals surface area contributed by atoms with Crippen LogP contribution < -0.4 is 4.35 Å². The van der Waals surface area contributed by atoms with E-state index in [-0.39, 0.29) is 0 Å². The number of benzene rings is 1. The van der Waals surface area contributed by atoms with E-state index in [1.165, 1.54) is 0 Å². The molecule has 0 nitrogen and oxygen atoms in total. The fraction of sp³-hybridized carbons (Fsp3) is 0.333. The van der Waals surface area contributed by atoms with Crippen molar-refractivity contribution >= 4 is 21.2 Å². The van der Waals surface area contributed by atoms with Crippen LogP contribution in [0.2, 0.25) is 0 Å². The van der Waals surface area contributed by atoms with Crippen molar-refractivity contribution in [1.29, 1.82) is 0 Å². The molecule has 1 aromatic rings. The summed E-state index contributed by atoms with van der Waals surface area (Å²) in [5.74, 6) is -24.2. The van der Waals surface area contributed by atoms with Crippen molar-refractivity contribution in [3.63, 3.8) is 0 Å². The number of alkyl halides is 7. The van der Waals surface area contributed by atoms with Gasteiger partial charge < -0.3 is 0 Å². The zero-order chi connectivity index (χ0) is 17.0. The molecule has 0 aliphatic heterocycles. The Bertz CT molecular complexity index is 545. The van der Waals surface area contributed by atoms with E-state index < -0.39 is 68.1 Å². The molecule has 1 unspecified atom stereocenters. The minimum atomic E-state index is -6.83. The summed E-state index contributed by atoms with van der Waals surface area (Å²) in [7, 11) is 0. The fourth-order valence-electron chi connectivity index (χ4n) is 1.29. The van der Waals surface area contributed by atoms with Gasteiger partial charge in [-0.05, 0) is 0 Å². The molecular weight excluding hydrogens is 392 g/mol. The quantitative estimate of drug-likeness (QED) is 0.314. The third kappa shape index (κ3) is 2.49. The van der Waals surface area contributed by atoms with E-state index in [1.807, 2.05) is 0 Å². The van der Waals surface area contributed by atoms with Gasteiger partial charge in [0.1, 0.15) is 0 Å². The van der Waals surface area contributed by atoms with Crippen molar-refractivity contribution in [2.45, 2.75) is 18.0 Å². The maximum atomic E-state index is 13.3. The van der Waals surface area contributed by atoms with Crippen molar-refractivity contribution in [3.05, 3.63) is 28.8 Å². The molecule has 0 saturated heterocycles. The van der Waals surface area contributed by atoms with Gasteiger partial charge in [-0.1, -0.05) is 0 Å². The van der Waals surface area contributed by atoms with Crippen molar-refractivity contribution in [2.75, 3.05) is 0 Å². The van der Waals surface area contributed by atoms with Crippen LogP contribution in [-0.2, 0) is 5.92 Å². The van der Waals surface area contributed by atoms with E-state index in [4.69, 9.17) is 0 Å². The molecule has 12 heteroatoms. The summed E-state index contributed by atoms with van der Waals surface area (Å²) >= 11 is -0.426. The number of hydrogen-bond acceptors (Lipinski definition) is 0. The van der Waals surface area contributed by atoms with Crippen LogP contribution in [0, 0.1) is 23.3 Å². The van der Waals surface area contributed by atoms with Gasteiger partial charge in [0.15, 0.2) is 0 Å². The number of hydrogen-bond donors (Lipinski definition) is 0. The second-order valence-corrected chi connectivity index (χ2v) is 4.90. The Morgan fingerprint density at radius 2 is 1.00 bits per heavy atom. The van der Waals surface area contributed by atoms with Gasteiger partial charge in [0.05, 0.1) is 0 Å². The van der Waals surface area contributed by atoms with Crippen molar-refractivity contribution in [2.24, 2.45) is 0 Å². The van der Waals surface area contributed by atoms with E-state index in [9.17, 15) is 48.3 Å². The number of halogens is 11. The van der Waals surface area contributed by atoms with Gasteiger partial charge in [0.25, 0.3) is 0 Å². The van der Waals surface area contributed by atoms with Crippen LogP contribution in [-0.4, -0.2) is 29.0 Å². The van der Waals surface area contributed by atoms with Gasteiger partial charge in [-0.2, -0.15) is 0 Å². The molecule has 0 fully saturated rings. The first-order chi connectivity index (χ1) is 9.18. The molecule has 1 rings (SSSR count). The molecule has 0 spiro atoms. The van der Waals surface area contributed by atoms with E-state index in [0.717, 1.165) is 0 Å². The first-order valence-corrected chi connectivity index (χ1v) is 5.83. The standard InChI is InChI=1S/C9H2AsF11/c10-2-1(3(11)5(13)6(14)4(2)12)7(15,16)8(17,18)9(19,20)21/h10H2. The summed E-state index contributed by atoms with van der Waals surface area (Å²) in [6.07, 6.45) is -6.83. The normalized spacial score (nSPS) is 13.7. The van der Waals surface area contributed by atoms with Crippen LogP contribution in [0.5, 0.6) is 0 Å². The molecule has 0 radical (unpaired) electrons. The van der Waals surface area contributed by atoms with E-state index in [0.29, 0.717) is 0 Å². The average molecular weight is 394 g/mol. The molecule has 0 bridgehead atoms. The fourth-order valence-corrected chi connectivity index (χ4v) is 2.20. The van der Waals surface area contributed by atoms with Crippen LogP contribution in [0.3, 0.4) is 0 Å². The van der Waals surface area contributed by atoms with Crippen LogP contribution in [0.4, 0.5) is 48.3 Å². The molecule has 1 atom stereocenters. The number of rotatable bonds is 2. The summed E-state index contributed by atoms with van der Waals surface area (Å²) in [4.78, 5) is 0. The van der Waals surface area contributed by atoms with E-state index in [1.54, 1.807) is 0 Å². The molecule has 120 valence electrons. The molecular formula is C9H2AsF11. The predicted octanol–water partition coefficient (Wildman–Crippen LogP) is 2.79. The first kappa shape index (κ1) is 18.1. The Morgan fingerprint density at radius 1 is 0.619 bits per heavy atom. The predicted molar refractivity (Wildman–Crippen MR) is 49.3 cm³/mol. The van der Waals surface area contributed by atoms with Crippen molar-refractivity contribution < 1.29 is 48.3 Å². The van der Waals surface area contributed by atoms with Crippen molar-refractivity contribution in [1.82, 2.24) is 0 Å². The Labute approximate surface area is 117 Å². The molecule has 1 aromatic carbocycles. The van der Waals surface area contributed by atoms with E-state index >= 15 is 0 Å². The summed E-state index contributed by atoms with van der Waals surface area (Å²) < 4.78 is 138. The molecule has 0 aromatic heterocycles. The van der Waals surface area contributed by atoms with Gasteiger partial charge in [-0.3, -0.25) is 0 Å². The summed E-state index contributed by atoms with van der Waals surface area (Å²) in [6.45, 7) is 0. The molecule has 0 aliphatic carbocycles. The summed E-state index contributed by atoms with van der Waals surface area (Å²) in [6, 6.07) is 0. The van der Waals surface area contributed by atoms with Gasteiger partial charge in [-0.15, -0.1) is 0 Å². The Balaban J connectivity index is 3.76. The second kappa shape index (κ2) is 5.03. The summed E-state index contributed by atoms with van der Waals surface area (Å²) in [5.41, 5.74) is -2.87. The van der Waals surface area contributed by atoms with Gasteiger partial charge in [0.2, 0.25) is 0 Å². The Kier molecular flexibility index (Phi) is 4.33. The monoisotopic (exact) mass is 394 g/mol. The van der Waals surface area contributed by atoms with Crippen LogP contribution in [0.25, 0.3) is 0 Å². The summed E-state index contributed by atoms with van der Waals surface area (Å²) in [5, 5.41) is 0. The third-order valence-electron chi connectivity index (χ3n) is 2.37. The van der Waals surface area contributed by atoms with Crippen LogP contribution in [0.15, 0.2) is 0 Å². The van der Waals surface area contributed by atoms with E-state index in [2.05, 4.69) is 0 Å². The SMILES string of the molecule is Fc1c(F)c(F)c(C(F)(F)C(F)(F)C(F)(F)F)c([AsH2])c1F. The first-order valence-electron chi connectivity index (χ1n) is 4.62. The molecule has 0 heterocycles. The average Bonchev–Trinajstić information content (AvgIpc) is 2.32. The zero-order valence-corrected chi connectivity index (χ0v) is 11.7.